The smallest absolute Gasteiger partial charge is 0.298 e. The third kappa shape index (κ3) is 5.71. The largest absolute Gasteiger partial charge is 0.506 e. The summed E-state index contributed by atoms with van der Waals surface area (Å²) in [6.45, 7) is 0. The van der Waals surface area contributed by atoms with Crippen molar-refractivity contribution in [3.05, 3.63) is 96.1 Å². The quantitative estimate of drug-likeness (QED) is 0.0557. The van der Waals surface area contributed by atoms with Crippen LogP contribution in [0.5, 0.6) is 11.5 Å². The number of amides is 2. The summed E-state index contributed by atoms with van der Waals surface area (Å²) in [6, 6.07) is 20.8. The number of benzene rings is 5. The molecule has 0 unspecified atom stereocenters. The van der Waals surface area contributed by atoms with Crippen molar-refractivity contribution in [3.63, 3.8) is 0 Å². The van der Waals surface area contributed by atoms with Gasteiger partial charge in [0.05, 0.1) is 16.9 Å². The first-order valence-corrected chi connectivity index (χ1v) is 14.1. The Balaban J connectivity index is 1.33. The summed E-state index contributed by atoms with van der Waals surface area (Å²) in [5.74, 6) is -1.78. The first-order valence-electron chi connectivity index (χ1n) is 11.9. The zero-order valence-electron chi connectivity index (χ0n) is 21.1. The predicted octanol–water partition coefficient (Wildman–Crippen LogP) is 5.58. The summed E-state index contributed by atoms with van der Waals surface area (Å²) in [5, 5.41) is 39.7. The molecule has 12 nitrogen and oxygen atoms in total. The van der Waals surface area contributed by atoms with Crippen LogP contribution in [-0.4, -0.2) is 40.3 Å². The zero-order chi connectivity index (χ0) is 30.0. The molecule has 0 saturated carbocycles. The number of fused-ring (bicyclic) bond motifs is 2. The van der Waals surface area contributed by atoms with Crippen molar-refractivity contribution in [1.82, 2.24) is 0 Å². The number of rotatable bonds is 8. The molecule has 5 aromatic carbocycles. The molecule has 0 radical (unpaired) electrons. The number of hydrogen-bond acceptors (Lipinski definition) is 10. The summed E-state index contributed by atoms with van der Waals surface area (Å²) in [6.07, 6.45) is 0. The van der Waals surface area contributed by atoms with Crippen LogP contribution >= 0.6 is 12.0 Å². The predicted molar refractivity (Wildman–Crippen MR) is 154 cm³/mol. The van der Waals surface area contributed by atoms with E-state index < -0.39 is 32.6 Å². The van der Waals surface area contributed by atoms with Gasteiger partial charge in [0, 0.05) is 44.0 Å². The van der Waals surface area contributed by atoms with E-state index in [1.165, 1.54) is 48.5 Å². The number of carbonyl (C=O) groups is 2. The summed E-state index contributed by atoms with van der Waals surface area (Å²) in [5.41, 5.74) is 1.17. The van der Waals surface area contributed by atoms with E-state index in [0.717, 1.165) is 6.07 Å². The maximum absolute atomic E-state index is 13.0. The van der Waals surface area contributed by atoms with E-state index in [9.17, 15) is 32.8 Å². The van der Waals surface area contributed by atoms with Gasteiger partial charge in [0.1, 0.15) is 16.4 Å². The average Bonchev–Trinajstić information content (AvgIpc) is 2.97. The van der Waals surface area contributed by atoms with Crippen LogP contribution in [-0.2, 0) is 19.5 Å². The molecule has 0 aromatic heterocycles. The number of phenols is 2. The van der Waals surface area contributed by atoms with Crippen molar-refractivity contribution < 1.29 is 47.4 Å². The molecule has 0 aliphatic rings. The minimum atomic E-state index is -4.65. The highest BCUT2D eigenvalue weighted by molar-refractivity contribution is 7.94. The van der Waals surface area contributed by atoms with Crippen LogP contribution in [0.25, 0.3) is 21.5 Å². The fraction of sp³-hybridized carbons (Fsp3) is 0. The van der Waals surface area contributed by atoms with Crippen LogP contribution in [0.4, 0.5) is 11.4 Å². The molecule has 42 heavy (non-hydrogen) atoms. The van der Waals surface area contributed by atoms with Crippen LogP contribution in [0, 0.1) is 0 Å². The third-order valence-corrected chi connectivity index (χ3v) is 7.85. The second-order valence-electron chi connectivity index (χ2n) is 8.81. The van der Waals surface area contributed by atoms with Crippen LogP contribution in [0.1, 0.15) is 20.7 Å². The van der Waals surface area contributed by atoms with Gasteiger partial charge < -0.3 is 20.8 Å². The van der Waals surface area contributed by atoms with E-state index in [2.05, 4.69) is 20.0 Å². The van der Waals surface area contributed by atoms with Crippen LogP contribution < -0.4 is 10.6 Å². The van der Waals surface area contributed by atoms with Crippen molar-refractivity contribution >= 4 is 66.9 Å². The van der Waals surface area contributed by atoms with E-state index in [1.807, 2.05) is 0 Å². The average molecular weight is 609 g/mol. The summed E-state index contributed by atoms with van der Waals surface area (Å²) in [4.78, 5) is 25.5. The number of anilines is 2. The molecule has 14 heteroatoms. The minimum Gasteiger partial charge on any atom is -0.506 e. The normalized spacial score (nSPS) is 11.5. The van der Waals surface area contributed by atoms with Gasteiger partial charge in [0.15, 0.2) is 0 Å². The van der Waals surface area contributed by atoms with Gasteiger partial charge in [0.25, 0.3) is 21.9 Å². The molecule has 5 rings (SSSR count). The third-order valence-electron chi connectivity index (χ3n) is 6.33. The fourth-order valence-electron chi connectivity index (χ4n) is 4.35. The topological polar surface area (TPSA) is 192 Å². The lowest BCUT2D eigenvalue weighted by atomic mass is 10.1. The van der Waals surface area contributed by atoms with Gasteiger partial charge >= 0.3 is 0 Å². The van der Waals surface area contributed by atoms with E-state index in [4.69, 9.17) is 5.26 Å². The van der Waals surface area contributed by atoms with E-state index in [-0.39, 0.29) is 32.8 Å². The molecular weight excluding hydrogens is 588 g/mol. The number of aromatic hydroxyl groups is 2. The zero-order valence-corrected chi connectivity index (χ0v) is 22.8. The first kappa shape index (κ1) is 28.8. The first-order chi connectivity index (χ1) is 20.1. The molecule has 6 N–H and O–H groups in total. The Labute approximate surface area is 241 Å². The molecule has 2 amide bonds. The molecule has 0 saturated heterocycles. The second kappa shape index (κ2) is 11.7. The van der Waals surface area contributed by atoms with Gasteiger partial charge in [-0.3, -0.25) is 14.1 Å². The van der Waals surface area contributed by atoms with Gasteiger partial charge in [0.2, 0.25) is 0 Å². The molecule has 0 aliphatic carbocycles. The van der Waals surface area contributed by atoms with E-state index >= 15 is 0 Å². The van der Waals surface area contributed by atoms with Crippen molar-refractivity contribution in [1.29, 1.82) is 0 Å². The Hall–Kier alpha value is -4.70. The number of hydrogen-bond donors (Lipinski definition) is 6. The maximum atomic E-state index is 13.0. The minimum absolute atomic E-state index is 0.110. The van der Waals surface area contributed by atoms with Crippen LogP contribution in [0.2, 0.25) is 0 Å². The molecule has 0 atom stereocenters. The Kier molecular flexibility index (Phi) is 8.00. The lowest BCUT2D eigenvalue weighted by Gasteiger charge is -2.12. The van der Waals surface area contributed by atoms with Gasteiger partial charge in [-0.15, -0.1) is 4.33 Å². The van der Waals surface area contributed by atoms with E-state index in [0.29, 0.717) is 33.9 Å². The molecule has 0 bridgehead atoms. The molecular formula is C28H20N2O10S2. The number of carbonyl (C=O) groups excluding carboxylic acids is 2. The van der Waals surface area contributed by atoms with Gasteiger partial charge in [-0.2, -0.15) is 8.42 Å². The number of phenolic OH excluding ortho intramolecular Hbond substituents is 2. The van der Waals surface area contributed by atoms with Crippen LogP contribution in [0.3, 0.4) is 0 Å². The Bertz CT molecular complexity index is 1960. The Morgan fingerprint density at radius 1 is 0.667 bits per heavy atom. The van der Waals surface area contributed by atoms with E-state index in [1.54, 1.807) is 30.3 Å². The van der Waals surface area contributed by atoms with Gasteiger partial charge in [-0.05, 0) is 48.5 Å². The molecule has 214 valence electrons. The van der Waals surface area contributed by atoms with Crippen molar-refractivity contribution in [2.45, 2.75) is 9.79 Å². The highest BCUT2D eigenvalue weighted by Gasteiger charge is 2.19. The molecule has 5 aromatic rings. The molecule has 0 aliphatic heterocycles. The summed E-state index contributed by atoms with van der Waals surface area (Å²) in [7, 11) is -4.65. The number of nitrogens with one attached hydrogen (secondary N) is 2. The Morgan fingerprint density at radius 2 is 1.17 bits per heavy atom. The van der Waals surface area contributed by atoms with Crippen molar-refractivity contribution in [3.8, 4) is 11.5 Å². The van der Waals surface area contributed by atoms with Gasteiger partial charge in [-0.1, -0.05) is 41.4 Å². The molecule has 0 spiro atoms. The van der Waals surface area contributed by atoms with Gasteiger partial charge in [-0.25, -0.2) is 5.26 Å². The standard InChI is InChI=1S/C28H20N2O10S2/c31-25-19-3-1-5-21(17(19)11-13-23(25)41-40-39-35)29-27(33)15-7-9-16(10-8-15)28(34)30-22-6-2-4-20-18(22)12-14-24(26(20)32)42(36,37)38/h1-14,31-32,35H,(H,29,33)(H,30,34)(H,36,37,38). The highest BCUT2D eigenvalue weighted by Crippen LogP contribution is 2.38. The second-order valence-corrected chi connectivity index (χ2v) is 10.9. The lowest BCUT2D eigenvalue weighted by Crippen LogP contribution is -2.14. The maximum Gasteiger partial charge on any atom is 0.298 e. The lowest BCUT2D eigenvalue weighted by molar-refractivity contribution is -0.432. The summed E-state index contributed by atoms with van der Waals surface area (Å²) >= 11 is 0.600. The fourth-order valence-corrected chi connectivity index (χ4v) is 5.36. The molecule has 0 heterocycles. The van der Waals surface area contributed by atoms with Crippen LogP contribution in [0.15, 0.2) is 94.7 Å². The SMILES string of the molecule is O=C(Nc1cccc2c(O)c(SOOO)ccc12)c1ccc(C(=O)Nc2cccc3c(O)c(S(=O)(=O)O)ccc23)cc1. The van der Waals surface area contributed by atoms with Crippen molar-refractivity contribution in [2.24, 2.45) is 0 Å². The monoisotopic (exact) mass is 608 g/mol. The molecule has 0 fully saturated rings. The Morgan fingerprint density at radius 3 is 1.67 bits per heavy atom. The highest BCUT2D eigenvalue weighted by atomic mass is 32.2. The summed E-state index contributed by atoms with van der Waals surface area (Å²) < 4.78 is 36.7. The van der Waals surface area contributed by atoms with Crippen molar-refractivity contribution in [2.75, 3.05) is 10.6 Å².